The second-order valence-corrected chi connectivity index (χ2v) is 5.88. The Balaban J connectivity index is 1.96. The van der Waals surface area contributed by atoms with Crippen molar-refractivity contribution in [1.29, 1.82) is 0 Å². The highest BCUT2D eigenvalue weighted by Gasteiger charge is 2.45. The summed E-state index contributed by atoms with van der Waals surface area (Å²) in [5.41, 5.74) is 1.18. The number of halogens is 1. The van der Waals surface area contributed by atoms with E-state index in [4.69, 9.17) is 0 Å². The van der Waals surface area contributed by atoms with Crippen LogP contribution in [0.15, 0.2) is 24.3 Å². The van der Waals surface area contributed by atoms with Crippen LogP contribution in [0.5, 0.6) is 0 Å². The Kier molecular flexibility index (Phi) is 3.12. The first-order valence-electron chi connectivity index (χ1n) is 6.85. The van der Waals surface area contributed by atoms with E-state index in [1.165, 1.54) is 6.42 Å². The zero-order valence-electron chi connectivity index (χ0n) is 11.0. The van der Waals surface area contributed by atoms with Gasteiger partial charge >= 0.3 is 0 Å². The highest BCUT2D eigenvalue weighted by molar-refractivity contribution is 5.26. The predicted octanol–water partition coefficient (Wildman–Crippen LogP) is 2.22. The number of nitrogens with one attached hydrogen (secondary N) is 1. The van der Waals surface area contributed by atoms with E-state index in [0.29, 0.717) is 5.92 Å². The summed E-state index contributed by atoms with van der Waals surface area (Å²) >= 11 is 0. The van der Waals surface area contributed by atoms with Gasteiger partial charge in [0.25, 0.3) is 0 Å². The molecule has 98 valence electrons. The molecule has 3 rings (SSSR count). The molecule has 1 aromatic carbocycles. The molecule has 2 atom stereocenters. The molecule has 0 amide bonds. The topological polar surface area (TPSA) is 15.3 Å². The second-order valence-electron chi connectivity index (χ2n) is 5.88. The SMILES string of the molecule is CN1CCC2(CCNCC2c2ccccc2F)C1. The van der Waals surface area contributed by atoms with Crippen LogP contribution in [0.4, 0.5) is 4.39 Å². The number of hydrogen-bond donors (Lipinski definition) is 1. The van der Waals surface area contributed by atoms with Crippen molar-refractivity contribution in [2.75, 3.05) is 33.2 Å². The smallest absolute Gasteiger partial charge is 0.126 e. The molecule has 2 fully saturated rings. The van der Waals surface area contributed by atoms with E-state index in [0.717, 1.165) is 38.2 Å². The molecule has 2 saturated heterocycles. The molecule has 3 heteroatoms. The quantitative estimate of drug-likeness (QED) is 0.820. The molecule has 2 nitrogen and oxygen atoms in total. The lowest BCUT2D eigenvalue weighted by atomic mass is 9.67. The molecule has 2 aliphatic heterocycles. The normalized spacial score (nSPS) is 33.1. The average Bonchev–Trinajstić information content (AvgIpc) is 2.73. The number of hydrogen-bond acceptors (Lipinski definition) is 2. The minimum absolute atomic E-state index is 0.0415. The fourth-order valence-corrected chi connectivity index (χ4v) is 3.77. The van der Waals surface area contributed by atoms with Crippen molar-refractivity contribution < 1.29 is 4.39 Å². The summed E-state index contributed by atoms with van der Waals surface area (Å²) in [4.78, 5) is 2.39. The lowest BCUT2D eigenvalue weighted by Gasteiger charge is -2.42. The van der Waals surface area contributed by atoms with Crippen LogP contribution in [0.25, 0.3) is 0 Å². The third kappa shape index (κ3) is 1.95. The largest absolute Gasteiger partial charge is 0.316 e. The molecule has 2 heterocycles. The number of rotatable bonds is 1. The van der Waals surface area contributed by atoms with Crippen LogP contribution >= 0.6 is 0 Å². The van der Waals surface area contributed by atoms with Crippen molar-refractivity contribution in [3.63, 3.8) is 0 Å². The van der Waals surface area contributed by atoms with Gasteiger partial charge in [-0.25, -0.2) is 4.39 Å². The molecular weight excluding hydrogens is 227 g/mol. The maximum absolute atomic E-state index is 14.1. The standard InChI is InChI=1S/C15H21FN2/c1-18-9-7-15(11-18)6-8-17-10-13(15)12-4-2-3-5-14(12)16/h2-5,13,17H,6-11H2,1H3. The number of likely N-dealkylation sites (tertiary alicyclic amines) is 1. The lowest BCUT2D eigenvalue weighted by molar-refractivity contribution is 0.167. The van der Waals surface area contributed by atoms with E-state index in [9.17, 15) is 4.39 Å². The Hall–Kier alpha value is -0.930. The van der Waals surface area contributed by atoms with Gasteiger partial charge in [0.2, 0.25) is 0 Å². The summed E-state index contributed by atoms with van der Waals surface area (Å²) in [5.74, 6) is 0.275. The van der Waals surface area contributed by atoms with Gasteiger partial charge in [-0.1, -0.05) is 18.2 Å². The fraction of sp³-hybridized carbons (Fsp3) is 0.600. The van der Waals surface area contributed by atoms with Crippen molar-refractivity contribution in [3.8, 4) is 0 Å². The van der Waals surface area contributed by atoms with Crippen LogP contribution in [0.2, 0.25) is 0 Å². The molecule has 2 unspecified atom stereocenters. The number of nitrogens with zero attached hydrogens (tertiary/aromatic N) is 1. The third-order valence-electron chi connectivity index (χ3n) is 4.74. The van der Waals surface area contributed by atoms with Crippen LogP contribution in [0, 0.1) is 11.2 Å². The molecule has 2 aliphatic rings. The van der Waals surface area contributed by atoms with Crippen LogP contribution < -0.4 is 5.32 Å². The van der Waals surface area contributed by atoms with Gasteiger partial charge in [-0.05, 0) is 50.0 Å². The highest BCUT2D eigenvalue weighted by atomic mass is 19.1. The first-order chi connectivity index (χ1) is 8.71. The highest BCUT2D eigenvalue weighted by Crippen LogP contribution is 2.47. The molecule has 18 heavy (non-hydrogen) atoms. The molecule has 1 aromatic rings. The molecule has 1 spiro atoms. The summed E-state index contributed by atoms with van der Waals surface area (Å²) in [6.07, 6.45) is 2.36. The Labute approximate surface area is 108 Å². The number of piperidine rings is 1. The van der Waals surface area contributed by atoms with Gasteiger partial charge in [0.1, 0.15) is 5.82 Å². The Morgan fingerprint density at radius 2 is 2.17 bits per heavy atom. The second kappa shape index (κ2) is 4.63. The van der Waals surface area contributed by atoms with Crippen LogP contribution in [-0.2, 0) is 0 Å². The van der Waals surface area contributed by atoms with Gasteiger partial charge in [0, 0.05) is 19.0 Å². The molecular formula is C15H21FN2. The minimum atomic E-state index is -0.0415. The van der Waals surface area contributed by atoms with E-state index in [1.54, 1.807) is 12.1 Å². The van der Waals surface area contributed by atoms with E-state index in [1.807, 2.05) is 12.1 Å². The van der Waals surface area contributed by atoms with Crippen molar-refractivity contribution in [2.24, 2.45) is 5.41 Å². The predicted molar refractivity (Wildman–Crippen MR) is 71.2 cm³/mol. The maximum Gasteiger partial charge on any atom is 0.126 e. The van der Waals surface area contributed by atoms with Crippen LogP contribution in [-0.4, -0.2) is 38.1 Å². The monoisotopic (exact) mass is 248 g/mol. The van der Waals surface area contributed by atoms with Crippen LogP contribution in [0.1, 0.15) is 24.3 Å². The summed E-state index contributed by atoms with van der Waals surface area (Å²) in [6, 6.07) is 7.30. The van der Waals surface area contributed by atoms with E-state index in [2.05, 4.69) is 17.3 Å². The van der Waals surface area contributed by atoms with Crippen molar-refractivity contribution in [1.82, 2.24) is 10.2 Å². The fourth-order valence-electron chi connectivity index (χ4n) is 3.77. The van der Waals surface area contributed by atoms with E-state index >= 15 is 0 Å². The van der Waals surface area contributed by atoms with Gasteiger partial charge < -0.3 is 10.2 Å². The first kappa shape index (κ1) is 12.1. The minimum Gasteiger partial charge on any atom is -0.316 e. The Morgan fingerprint density at radius 3 is 2.89 bits per heavy atom. The Morgan fingerprint density at radius 1 is 1.33 bits per heavy atom. The van der Waals surface area contributed by atoms with Crippen molar-refractivity contribution in [3.05, 3.63) is 35.6 Å². The maximum atomic E-state index is 14.1. The first-order valence-corrected chi connectivity index (χ1v) is 6.85. The molecule has 0 radical (unpaired) electrons. The molecule has 0 aliphatic carbocycles. The molecule has 1 N–H and O–H groups in total. The summed E-state index contributed by atoms with van der Waals surface area (Å²) < 4.78 is 14.1. The summed E-state index contributed by atoms with van der Waals surface area (Å²) in [6.45, 7) is 4.23. The zero-order chi connectivity index (χ0) is 12.6. The lowest BCUT2D eigenvalue weighted by Crippen LogP contribution is -2.45. The number of benzene rings is 1. The van der Waals surface area contributed by atoms with Crippen molar-refractivity contribution >= 4 is 0 Å². The average molecular weight is 248 g/mol. The molecule has 0 aromatic heterocycles. The molecule has 0 bridgehead atoms. The summed E-state index contributed by atoms with van der Waals surface area (Å²) in [5, 5.41) is 3.44. The van der Waals surface area contributed by atoms with Gasteiger partial charge in [-0.3, -0.25) is 0 Å². The Bertz CT molecular complexity index is 430. The van der Waals surface area contributed by atoms with Crippen molar-refractivity contribution in [2.45, 2.75) is 18.8 Å². The van der Waals surface area contributed by atoms with Gasteiger partial charge in [0.05, 0.1) is 0 Å². The third-order valence-corrected chi connectivity index (χ3v) is 4.74. The van der Waals surface area contributed by atoms with Crippen LogP contribution in [0.3, 0.4) is 0 Å². The van der Waals surface area contributed by atoms with E-state index < -0.39 is 0 Å². The zero-order valence-corrected chi connectivity index (χ0v) is 11.0. The van der Waals surface area contributed by atoms with E-state index in [-0.39, 0.29) is 11.2 Å². The van der Waals surface area contributed by atoms with Gasteiger partial charge in [-0.15, -0.1) is 0 Å². The molecule has 0 saturated carbocycles. The summed E-state index contributed by atoms with van der Waals surface area (Å²) in [7, 11) is 2.18. The van der Waals surface area contributed by atoms with Gasteiger partial charge in [-0.2, -0.15) is 0 Å². The van der Waals surface area contributed by atoms with Gasteiger partial charge in [0.15, 0.2) is 0 Å².